The van der Waals surface area contributed by atoms with Crippen molar-refractivity contribution in [2.75, 3.05) is 6.54 Å². The van der Waals surface area contributed by atoms with Gasteiger partial charge < -0.3 is 15.5 Å². The molecule has 0 radical (unpaired) electrons. The fraction of sp³-hybridized carbons (Fsp3) is 0.781. The fourth-order valence-corrected chi connectivity index (χ4v) is 9.26. The van der Waals surface area contributed by atoms with E-state index in [0.29, 0.717) is 35.9 Å². The third kappa shape index (κ3) is 4.95. The van der Waals surface area contributed by atoms with Crippen LogP contribution in [0.25, 0.3) is 0 Å². The minimum atomic E-state index is -0.664. The molecule has 0 aromatic heterocycles. The van der Waals surface area contributed by atoms with Gasteiger partial charge in [-0.25, -0.2) is 0 Å². The van der Waals surface area contributed by atoms with Gasteiger partial charge >= 0.3 is 0 Å². The van der Waals surface area contributed by atoms with E-state index in [1.54, 1.807) is 0 Å². The van der Waals surface area contributed by atoms with Crippen LogP contribution in [0, 0.1) is 23.7 Å². The molecule has 1 aromatic carbocycles. The van der Waals surface area contributed by atoms with E-state index >= 15 is 0 Å². The average molecular weight is 509 g/mol. The molecule has 0 amide bonds. The zero-order valence-corrected chi connectivity index (χ0v) is 22.7. The molecule has 204 valence electrons. The highest BCUT2D eigenvalue weighted by molar-refractivity contribution is 5.74. The number of benzene rings is 1. The number of carbonyl (C=O) groups is 1. The van der Waals surface area contributed by atoms with Gasteiger partial charge in [0.1, 0.15) is 12.0 Å². The number of rotatable bonds is 9. The van der Waals surface area contributed by atoms with Crippen LogP contribution in [0.3, 0.4) is 0 Å². The molecular weight excluding hydrogens is 460 g/mol. The van der Waals surface area contributed by atoms with E-state index in [1.165, 1.54) is 56.9 Å². The molecule has 2 saturated carbocycles. The van der Waals surface area contributed by atoms with Crippen LogP contribution >= 0.6 is 0 Å². The number of aliphatic hydroxyl groups excluding tert-OH is 1. The fourth-order valence-electron chi connectivity index (χ4n) is 9.26. The summed E-state index contributed by atoms with van der Waals surface area (Å²) in [6, 6.07) is 9.51. The summed E-state index contributed by atoms with van der Waals surface area (Å²) in [6.07, 6.45) is 16.6. The molecule has 1 aromatic rings. The summed E-state index contributed by atoms with van der Waals surface area (Å²) in [6.45, 7) is 3.09. The average Bonchev–Trinajstić information content (AvgIpc) is 3.35. The van der Waals surface area contributed by atoms with E-state index < -0.39 is 5.72 Å². The SMILES string of the molecule is CCCCC[C@H]1CCC[C@H]([C@H](c2ccc(C=O)cc2)[C@H]2C[C@@H]([C@@H]3CC[C@H]4[C@@H](O)CC[C@H]4N3)[C@@]3(O)CN23)C1. The summed E-state index contributed by atoms with van der Waals surface area (Å²) < 4.78 is 0. The highest BCUT2D eigenvalue weighted by atomic mass is 16.3. The molecule has 5 nitrogen and oxygen atoms in total. The Balaban J connectivity index is 1.22. The van der Waals surface area contributed by atoms with Crippen LogP contribution in [0.1, 0.15) is 112 Å². The van der Waals surface area contributed by atoms with Crippen LogP contribution < -0.4 is 5.32 Å². The highest BCUT2D eigenvalue weighted by Crippen LogP contribution is 2.57. The van der Waals surface area contributed by atoms with Gasteiger partial charge in [0.2, 0.25) is 0 Å². The first kappa shape index (κ1) is 26.0. The van der Waals surface area contributed by atoms with Gasteiger partial charge in [-0.3, -0.25) is 9.69 Å². The predicted octanol–water partition coefficient (Wildman–Crippen LogP) is 5.25. The zero-order chi connectivity index (χ0) is 25.6. The maximum Gasteiger partial charge on any atom is 0.150 e. The number of piperidine rings is 2. The molecule has 3 N–H and O–H groups in total. The minimum absolute atomic E-state index is 0.148. The van der Waals surface area contributed by atoms with Gasteiger partial charge in [0.15, 0.2) is 0 Å². The van der Waals surface area contributed by atoms with Gasteiger partial charge in [0.05, 0.1) is 6.10 Å². The second-order valence-corrected chi connectivity index (χ2v) is 13.3. The van der Waals surface area contributed by atoms with Gasteiger partial charge in [-0.05, 0) is 62.3 Å². The number of nitrogens with one attached hydrogen (secondary N) is 1. The number of aldehydes is 1. The zero-order valence-electron chi connectivity index (χ0n) is 22.7. The third-order valence-electron chi connectivity index (χ3n) is 11.2. The Labute approximate surface area is 223 Å². The molecule has 0 bridgehead atoms. The molecule has 1 unspecified atom stereocenters. The maximum absolute atomic E-state index is 11.8. The Morgan fingerprint density at radius 1 is 1.05 bits per heavy atom. The van der Waals surface area contributed by atoms with Gasteiger partial charge in [-0.1, -0.05) is 69.7 Å². The summed E-state index contributed by atoms with van der Waals surface area (Å²) in [5, 5.41) is 26.1. The summed E-state index contributed by atoms with van der Waals surface area (Å²) in [5.41, 5.74) is 1.44. The third-order valence-corrected chi connectivity index (χ3v) is 11.2. The number of nitrogens with zero attached hydrogens (tertiary/aromatic N) is 1. The van der Waals surface area contributed by atoms with Gasteiger partial charge in [0, 0.05) is 48.0 Å². The normalized spacial score (nSPS) is 43.7. The first-order chi connectivity index (χ1) is 18.0. The quantitative estimate of drug-likeness (QED) is 0.241. The smallest absolute Gasteiger partial charge is 0.150 e. The summed E-state index contributed by atoms with van der Waals surface area (Å²) in [5.74, 6) is 2.55. The van der Waals surface area contributed by atoms with Crippen molar-refractivity contribution in [1.82, 2.24) is 10.2 Å². The Morgan fingerprint density at radius 3 is 2.65 bits per heavy atom. The van der Waals surface area contributed by atoms with Gasteiger partial charge in [-0.2, -0.15) is 0 Å². The second-order valence-electron chi connectivity index (χ2n) is 13.3. The van der Waals surface area contributed by atoms with Crippen LogP contribution in [0.15, 0.2) is 24.3 Å². The Morgan fingerprint density at radius 2 is 1.86 bits per heavy atom. The number of hydrogen-bond donors (Lipinski definition) is 3. The molecule has 5 heteroatoms. The van der Waals surface area contributed by atoms with Crippen molar-refractivity contribution in [3.63, 3.8) is 0 Å². The van der Waals surface area contributed by atoms with E-state index in [-0.39, 0.29) is 12.0 Å². The van der Waals surface area contributed by atoms with Crippen molar-refractivity contribution < 1.29 is 15.0 Å². The first-order valence-corrected chi connectivity index (χ1v) is 15.5. The number of hydrogen-bond acceptors (Lipinski definition) is 5. The lowest BCUT2D eigenvalue weighted by Crippen LogP contribution is -2.52. The number of aliphatic hydroxyl groups is 2. The lowest BCUT2D eigenvalue weighted by Gasteiger charge is -2.40. The number of carbonyl (C=O) groups excluding carboxylic acids is 1. The van der Waals surface area contributed by atoms with Crippen LogP contribution in [0.2, 0.25) is 0 Å². The Bertz CT molecular complexity index is 936. The highest BCUT2D eigenvalue weighted by Gasteiger charge is 2.68. The van der Waals surface area contributed by atoms with Crippen LogP contribution in [0.5, 0.6) is 0 Å². The van der Waals surface area contributed by atoms with Crippen LogP contribution in [0.4, 0.5) is 0 Å². The van der Waals surface area contributed by atoms with Gasteiger partial charge in [-0.15, -0.1) is 0 Å². The van der Waals surface area contributed by atoms with Crippen LogP contribution in [-0.2, 0) is 0 Å². The molecule has 3 saturated heterocycles. The monoisotopic (exact) mass is 508 g/mol. The predicted molar refractivity (Wildman–Crippen MR) is 146 cm³/mol. The summed E-state index contributed by atoms with van der Waals surface area (Å²) in [4.78, 5) is 13.8. The molecule has 11 atom stereocenters. The summed E-state index contributed by atoms with van der Waals surface area (Å²) in [7, 11) is 0. The molecule has 5 fully saturated rings. The van der Waals surface area contributed by atoms with E-state index in [1.807, 2.05) is 12.1 Å². The van der Waals surface area contributed by atoms with Crippen molar-refractivity contribution in [2.45, 2.75) is 126 Å². The van der Waals surface area contributed by atoms with E-state index in [9.17, 15) is 15.0 Å². The number of unbranched alkanes of at least 4 members (excludes halogenated alkanes) is 2. The second kappa shape index (κ2) is 10.7. The Hall–Kier alpha value is -1.27. The van der Waals surface area contributed by atoms with Crippen molar-refractivity contribution in [3.8, 4) is 0 Å². The first-order valence-electron chi connectivity index (χ1n) is 15.5. The molecule has 0 spiro atoms. The lowest BCUT2D eigenvalue weighted by molar-refractivity contribution is 0.0242. The molecule has 3 heterocycles. The Kier molecular flexibility index (Phi) is 7.52. The largest absolute Gasteiger partial charge is 0.393 e. The maximum atomic E-state index is 11.8. The molecular formula is C32H48N2O3. The molecule has 6 rings (SSSR count). The van der Waals surface area contributed by atoms with Crippen molar-refractivity contribution >= 4 is 6.29 Å². The standard InChI is InChI=1S/C32H48N2O3/c1-2-3-4-6-21-7-5-8-24(17-21)31(23-11-9-22(19-35)10-12-23)29-18-26(32(37)20-34(29)32)28-14-13-25-27(33-28)15-16-30(25)36/h9-12,19,21,24-31,33,36-37H,2-8,13-18,20H2,1H3/t21-,24-,25+,26-,27+,28-,29+,30-,31-,32-,34?/m0/s1. The van der Waals surface area contributed by atoms with Crippen molar-refractivity contribution in [1.29, 1.82) is 0 Å². The van der Waals surface area contributed by atoms with Crippen molar-refractivity contribution in [2.24, 2.45) is 23.7 Å². The summed E-state index contributed by atoms with van der Waals surface area (Å²) >= 11 is 0. The molecule has 3 aliphatic heterocycles. The molecule has 2 aliphatic carbocycles. The lowest BCUT2D eigenvalue weighted by atomic mass is 9.68. The van der Waals surface area contributed by atoms with Crippen LogP contribution in [-0.4, -0.2) is 57.9 Å². The van der Waals surface area contributed by atoms with Gasteiger partial charge in [0.25, 0.3) is 0 Å². The van der Waals surface area contributed by atoms with Crippen molar-refractivity contribution in [3.05, 3.63) is 35.4 Å². The topological polar surface area (TPSA) is 72.6 Å². The molecule has 5 aliphatic rings. The van der Waals surface area contributed by atoms with E-state index in [2.05, 4.69) is 29.3 Å². The minimum Gasteiger partial charge on any atom is -0.393 e. The van der Waals surface area contributed by atoms with E-state index in [0.717, 1.165) is 56.4 Å². The van der Waals surface area contributed by atoms with E-state index in [4.69, 9.17) is 0 Å². The molecule has 37 heavy (non-hydrogen) atoms. The number of fused-ring (bicyclic) bond motifs is 2.